The summed E-state index contributed by atoms with van der Waals surface area (Å²) < 4.78 is 16.2. The molecule has 0 saturated carbocycles. The molecule has 6 nitrogen and oxygen atoms in total. The molecule has 1 aliphatic rings. The molecule has 144 valence electrons. The molecule has 0 saturated heterocycles. The number of hydrogen-bond donors (Lipinski definition) is 0. The molecule has 1 aromatic rings. The predicted octanol–water partition coefficient (Wildman–Crippen LogP) is 3.68. The van der Waals surface area contributed by atoms with Crippen molar-refractivity contribution < 1.29 is 18.7 Å². The lowest BCUT2D eigenvalue weighted by Crippen LogP contribution is -2.36. The van der Waals surface area contributed by atoms with E-state index in [1.54, 1.807) is 7.11 Å². The number of carbonyl (C=O) groups excluding carboxylic acids is 1. The summed E-state index contributed by atoms with van der Waals surface area (Å²) in [5, 5.41) is 6.56. The molecule has 0 unspecified atom stereocenters. The van der Waals surface area contributed by atoms with E-state index in [-0.39, 0.29) is 17.9 Å². The molecule has 0 bridgehead atoms. The van der Waals surface area contributed by atoms with Crippen LogP contribution in [0.2, 0.25) is 19.6 Å². The maximum atomic E-state index is 12.3. The molecule has 2 rings (SSSR count). The molecule has 1 heterocycles. The highest BCUT2D eigenvalue weighted by Gasteiger charge is 2.40. The SMILES string of the molecule is CC[C@H]1[C@@H](CCO[Si](C)(C)C)C(C(=O)OC)=NN1c1ccc(OC)cc1. The van der Waals surface area contributed by atoms with Crippen LogP contribution in [-0.2, 0) is 14.0 Å². The van der Waals surface area contributed by atoms with Gasteiger partial charge in [-0.3, -0.25) is 5.01 Å². The molecule has 1 aromatic carbocycles. The first kappa shape index (κ1) is 20.4. The summed E-state index contributed by atoms with van der Waals surface area (Å²) in [5.74, 6) is 0.418. The summed E-state index contributed by atoms with van der Waals surface area (Å²) in [5.41, 5.74) is 1.42. The highest BCUT2D eigenvalue weighted by Crippen LogP contribution is 2.33. The molecule has 0 amide bonds. The van der Waals surface area contributed by atoms with E-state index in [4.69, 9.17) is 13.9 Å². The molecular formula is C19H30N2O4Si. The fourth-order valence-corrected chi connectivity index (χ4v) is 3.91. The Labute approximate surface area is 157 Å². The van der Waals surface area contributed by atoms with Crippen LogP contribution in [-0.4, -0.2) is 46.9 Å². The predicted molar refractivity (Wildman–Crippen MR) is 106 cm³/mol. The van der Waals surface area contributed by atoms with Gasteiger partial charge in [0.2, 0.25) is 0 Å². The molecule has 0 radical (unpaired) electrons. The zero-order valence-electron chi connectivity index (χ0n) is 16.6. The van der Waals surface area contributed by atoms with E-state index in [1.807, 2.05) is 29.3 Å². The van der Waals surface area contributed by atoms with Gasteiger partial charge in [0.25, 0.3) is 0 Å². The molecule has 2 atom stereocenters. The maximum absolute atomic E-state index is 12.3. The Kier molecular flexibility index (Phi) is 6.83. The minimum Gasteiger partial charge on any atom is -0.497 e. The van der Waals surface area contributed by atoms with Crippen LogP contribution in [0.15, 0.2) is 29.4 Å². The Hall–Kier alpha value is -1.86. The molecular weight excluding hydrogens is 348 g/mol. The van der Waals surface area contributed by atoms with Gasteiger partial charge >= 0.3 is 5.97 Å². The number of hydrazone groups is 1. The van der Waals surface area contributed by atoms with Crippen molar-refractivity contribution in [3.05, 3.63) is 24.3 Å². The standard InChI is InChI=1S/C19H30N2O4Si/c1-7-17-16(12-13-25-26(4,5)6)18(19(22)24-3)20-21(17)14-8-10-15(23-2)11-9-14/h8-11,16-17H,7,12-13H2,1-6H3/t16-,17+/m1/s1. The summed E-state index contributed by atoms with van der Waals surface area (Å²) >= 11 is 0. The second kappa shape index (κ2) is 8.68. The Balaban J connectivity index is 2.25. The molecule has 0 N–H and O–H groups in total. The number of benzene rings is 1. The van der Waals surface area contributed by atoms with Gasteiger partial charge in [0.15, 0.2) is 14.0 Å². The van der Waals surface area contributed by atoms with Gasteiger partial charge in [0, 0.05) is 12.5 Å². The van der Waals surface area contributed by atoms with Gasteiger partial charge in [-0.15, -0.1) is 0 Å². The third-order valence-corrected chi connectivity index (χ3v) is 5.53. The summed E-state index contributed by atoms with van der Waals surface area (Å²) in [6.45, 7) is 9.24. The number of ether oxygens (including phenoxy) is 2. The van der Waals surface area contributed by atoms with Gasteiger partial charge in [-0.25, -0.2) is 4.79 Å². The Morgan fingerprint density at radius 2 is 1.85 bits per heavy atom. The van der Waals surface area contributed by atoms with Gasteiger partial charge in [0.05, 0.1) is 25.9 Å². The van der Waals surface area contributed by atoms with Gasteiger partial charge in [0.1, 0.15) is 5.75 Å². The molecule has 0 spiro atoms. The molecule has 7 heteroatoms. The largest absolute Gasteiger partial charge is 0.497 e. The van der Waals surface area contributed by atoms with Crippen LogP contribution < -0.4 is 9.75 Å². The van der Waals surface area contributed by atoms with E-state index in [1.165, 1.54) is 7.11 Å². The van der Waals surface area contributed by atoms with Crippen LogP contribution in [0.5, 0.6) is 5.75 Å². The van der Waals surface area contributed by atoms with Crippen molar-refractivity contribution in [1.82, 2.24) is 0 Å². The van der Waals surface area contributed by atoms with Gasteiger partial charge in [-0.2, -0.15) is 5.10 Å². The molecule has 0 aromatic heterocycles. The fraction of sp³-hybridized carbons (Fsp3) is 0.579. The second-order valence-electron chi connectivity index (χ2n) is 7.35. The molecule has 1 aliphatic heterocycles. The number of esters is 1. The lowest BCUT2D eigenvalue weighted by Gasteiger charge is -2.28. The topological polar surface area (TPSA) is 60.4 Å². The Morgan fingerprint density at radius 1 is 1.19 bits per heavy atom. The van der Waals surface area contributed by atoms with Crippen molar-refractivity contribution in [3.8, 4) is 5.75 Å². The van der Waals surface area contributed by atoms with E-state index in [0.717, 1.165) is 24.3 Å². The van der Waals surface area contributed by atoms with Crippen LogP contribution in [0.4, 0.5) is 5.69 Å². The van der Waals surface area contributed by atoms with Crippen molar-refractivity contribution in [2.45, 2.75) is 45.4 Å². The number of anilines is 1. The zero-order chi connectivity index (χ0) is 19.3. The van der Waals surface area contributed by atoms with E-state index < -0.39 is 8.32 Å². The van der Waals surface area contributed by atoms with Crippen molar-refractivity contribution in [1.29, 1.82) is 0 Å². The number of methoxy groups -OCH3 is 2. The zero-order valence-corrected chi connectivity index (χ0v) is 17.6. The van der Waals surface area contributed by atoms with Gasteiger partial charge in [-0.1, -0.05) is 6.92 Å². The smallest absolute Gasteiger partial charge is 0.354 e. The average Bonchev–Trinajstić information content (AvgIpc) is 2.98. The van der Waals surface area contributed by atoms with E-state index in [0.29, 0.717) is 12.3 Å². The van der Waals surface area contributed by atoms with Gasteiger partial charge in [-0.05, 0) is 56.7 Å². The third-order valence-electron chi connectivity index (χ3n) is 4.46. The minimum atomic E-state index is -1.59. The number of carbonyl (C=O) groups is 1. The average molecular weight is 379 g/mol. The van der Waals surface area contributed by atoms with Crippen LogP contribution in [0.25, 0.3) is 0 Å². The Morgan fingerprint density at radius 3 is 2.35 bits per heavy atom. The van der Waals surface area contributed by atoms with Crippen molar-refractivity contribution >= 4 is 25.7 Å². The quantitative estimate of drug-likeness (QED) is 0.510. The van der Waals surface area contributed by atoms with Crippen molar-refractivity contribution in [2.75, 3.05) is 25.8 Å². The first-order chi connectivity index (χ1) is 12.3. The van der Waals surface area contributed by atoms with Crippen LogP contribution in [0.1, 0.15) is 19.8 Å². The third kappa shape index (κ3) is 4.85. The number of hydrogen-bond acceptors (Lipinski definition) is 6. The molecule has 26 heavy (non-hydrogen) atoms. The fourth-order valence-electron chi connectivity index (χ4n) is 3.18. The van der Waals surface area contributed by atoms with E-state index >= 15 is 0 Å². The van der Waals surface area contributed by atoms with Crippen molar-refractivity contribution in [3.63, 3.8) is 0 Å². The lowest BCUT2D eigenvalue weighted by atomic mass is 9.90. The van der Waals surface area contributed by atoms with Crippen molar-refractivity contribution in [2.24, 2.45) is 11.0 Å². The first-order valence-corrected chi connectivity index (χ1v) is 12.5. The lowest BCUT2D eigenvalue weighted by molar-refractivity contribution is -0.133. The van der Waals surface area contributed by atoms with Gasteiger partial charge < -0.3 is 13.9 Å². The number of nitrogens with zero attached hydrogens (tertiary/aromatic N) is 2. The summed E-state index contributed by atoms with van der Waals surface area (Å²) in [7, 11) is 1.45. The normalized spacial score (nSPS) is 20.1. The highest BCUT2D eigenvalue weighted by atomic mass is 28.4. The first-order valence-electron chi connectivity index (χ1n) is 9.04. The van der Waals surface area contributed by atoms with Crippen LogP contribution in [0.3, 0.4) is 0 Å². The van der Waals surface area contributed by atoms with Crippen LogP contribution >= 0.6 is 0 Å². The maximum Gasteiger partial charge on any atom is 0.354 e. The minimum absolute atomic E-state index is 0.00842. The molecule has 0 aliphatic carbocycles. The summed E-state index contributed by atoms with van der Waals surface area (Å²) in [4.78, 5) is 12.3. The highest BCUT2D eigenvalue weighted by molar-refractivity contribution is 6.69. The summed E-state index contributed by atoms with van der Waals surface area (Å²) in [6.07, 6.45) is 1.62. The van der Waals surface area contributed by atoms with Crippen LogP contribution in [0, 0.1) is 5.92 Å². The summed E-state index contributed by atoms with van der Waals surface area (Å²) in [6, 6.07) is 7.82. The van der Waals surface area contributed by atoms with E-state index in [2.05, 4.69) is 31.7 Å². The van der Waals surface area contributed by atoms with E-state index in [9.17, 15) is 4.79 Å². The molecule has 0 fully saturated rings. The Bertz CT molecular complexity index is 640. The number of rotatable bonds is 8. The second-order valence-corrected chi connectivity index (χ2v) is 11.9. The monoisotopic (exact) mass is 378 g/mol.